The Kier molecular flexibility index (Phi) is 5.99. The lowest BCUT2D eigenvalue weighted by Gasteiger charge is -2.31. The van der Waals surface area contributed by atoms with Gasteiger partial charge in [0.2, 0.25) is 11.8 Å². The Morgan fingerprint density at radius 3 is 2.29 bits per heavy atom. The summed E-state index contributed by atoms with van der Waals surface area (Å²) in [5.74, 6) is -4.95. The highest BCUT2D eigenvalue weighted by molar-refractivity contribution is 6.24. The number of carbonyl (C=O) groups is 3. The van der Waals surface area contributed by atoms with E-state index in [0.29, 0.717) is 22.3 Å². The molecule has 2 aliphatic rings. The number of nitro benzene ring substituents is 1. The molecule has 2 saturated heterocycles. The van der Waals surface area contributed by atoms with E-state index in [0.717, 1.165) is 11.0 Å². The summed E-state index contributed by atoms with van der Waals surface area (Å²) in [6.45, 7) is 3.40. The molecule has 2 fully saturated rings. The van der Waals surface area contributed by atoms with Crippen molar-refractivity contribution in [2.24, 2.45) is 11.8 Å². The minimum atomic E-state index is -1.83. The number of anilines is 1. The van der Waals surface area contributed by atoms with Crippen LogP contribution in [0.3, 0.4) is 0 Å². The maximum absolute atomic E-state index is 13.9. The number of benzene rings is 3. The fraction of sp³-hybridized carbons (Fsp3) is 0.250. The van der Waals surface area contributed by atoms with E-state index in [2.05, 4.69) is 5.32 Å². The van der Waals surface area contributed by atoms with Gasteiger partial charge in [0.25, 0.3) is 5.69 Å². The van der Waals surface area contributed by atoms with Gasteiger partial charge in [0.15, 0.2) is 0 Å². The van der Waals surface area contributed by atoms with Crippen molar-refractivity contribution in [1.82, 2.24) is 5.32 Å². The Balaban J connectivity index is 1.69. The lowest BCUT2D eigenvalue weighted by molar-refractivity contribution is -0.384. The summed E-state index contributed by atoms with van der Waals surface area (Å²) >= 11 is 0. The van der Waals surface area contributed by atoms with Crippen LogP contribution in [0.4, 0.5) is 11.4 Å². The number of fused-ring (bicyclic) bond motifs is 1. The van der Waals surface area contributed by atoms with Crippen LogP contribution in [0.25, 0.3) is 0 Å². The lowest BCUT2D eigenvalue weighted by Crippen LogP contribution is -2.57. The van der Waals surface area contributed by atoms with Crippen LogP contribution in [0.1, 0.15) is 28.3 Å². The number of carbonyl (C=O) groups excluding carboxylic acids is 2. The van der Waals surface area contributed by atoms with Crippen LogP contribution in [0.2, 0.25) is 0 Å². The van der Waals surface area contributed by atoms with Crippen LogP contribution in [-0.2, 0) is 20.8 Å². The van der Waals surface area contributed by atoms with Crippen LogP contribution in [0.5, 0.6) is 5.75 Å². The smallest absolute Gasteiger partial charge is 0.325 e. The molecule has 2 amide bonds. The Hall–Kier alpha value is -4.57. The van der Waals surface area contributed by atoms with E-state index < -0.39 is 46.1 Å². The molecule has 0 saturated carbocycles. The van der Waals surface area contributed by atoms with Crippen molar-refractivity contribution in [3.8, 4) is 5.75 Å². The van der Waals surface area contributed by atoms with Gasteiger partial charge in [-0.3, -0.25) is 29.8 Å². The number of aryl methyl sites for hydroxylation is 2. The fourth-order valence-electron chi connectivity index (χ4n) is 5.81. The molecule has 3 aromatic carbocycles. The quantitative estimate of drug-likeness (QED) is 0.257. The van der Waals surface area contributed by atoms with Gasteiger partial charge in [-0.15, -0.1) is 0 Å². The Morgan fingerprint density at radius 2 is 1.68 bits per heavy atom. The second-order valence-electron chi connectivity index (χ2n) is 9.86. The highest BCUT2D eigenvalue weighted by atomic mass is 16.6. The van der Waals surface area contributed by atoms with E-state index in [-0.39, 0.29) is 23.5 Å². The number of non-ortho nitro benzene ring substituents is 1. The number of hydrogen-bond acceptors (Lipinski definition) is 7. The van der Waals surface area contributed by atoms with E-state index >= 15 is 0 Å². The van der Waals surface area contributed by atoms with Crippen molar-refractivity contribution in [2.45, 2.75) is 31.8 Å². The third-order valence-electron chi connectivity index (χ3n) is 7.53. The van der Waals surface area contributed by atoms with E-state index in [1.807, 2.05) is 0 Å². The molecule has 0 spiro atoms. The molecule has 2 heterocycles. The highest BCUT2D eigenvalue weighted by Crippen LogP contribution is 2.51. The van der Waals surface area contributed by atoms with Gasteiger partial charge in [-0.05, 0) is 42.2 Å². The first-order valence-electron chi connectivity index (χ1n) is 12.0. The van der Waals surface area contributed by atoms with Crippen LogP contribution in [0, 0.1) is 35.8 Å². The number of aliphatic carboxylic acids is 1. The molecule has 0 radical (unpaired) electrons. The molecule has 4 unspecified atom stereocenters. The predicted octanol–water partition coefficient (Wildman–Crippen LogP) is 3.43. The van der Waals surface area contributed by atoms with Crippen LogP contribution in [-0.4, -0.2) is 38.5 Å². The number of phenolic OH excluding ortho intramolecular Hbond substituents is 1. The molecular formula is C28H25N3O7. The number of phenols is 1. The summed E-state index contributed by atoms with van der Waals surface area (Å²) in [6.07, 6.45) is -0.0707. The number of nitrogens with one attached hydrogen (secondary N) is 1. The van der Waals surface area contributed by atoms with Crippen molar-refractivity contribution in [1.29, 1.82) is 0 Å². The molecule has 5 rings (SSSR count). The first kappa shape index (κ1) is 25.1. The fourth-order valence-corrected chi connectivity index (χ4v) is 5.81. The molecule has 38 heavy (non-hydrogen) atoms. The zero-order valence-electron chi connectivity index (χ0n) is 20.6. The molecule has 4 atom stereocenters. The second-order valence-corrected chi connectivity index (χ2v) is 9.86. The number of nitro groups is 1. The number of amides is 2. The van der Waals surface area contributed by atoms with E-state index in [1.54, 1.807) is 56.3 Å². The topological polar surface area (TPSA) is 150 Å². The van der Waals surface area contributed by atoms with Gasteiger partial charge in [-0.2, -0.15) is 0 Å². The lowest BCUT2D eigenvalue weighted by atomic mass is 9.76. The normalized spacial score (nSPS) is 24.5. The van der Waals surface area contributed by atoms with Crippen molar-refractivity contribution >= 4 is 29.2 Å². The second kappa shape index (κ2) is 9.07. The van der Waals surface area contributed by atoms with Gasteiger partial charge in [0, 0.05) is 24.6 Å². The van der Waals surface area contributed by atoms with E-state index in [4.69, 9.17) is 0 Å². The zero-order valence-corrected chi connectivity index (χ0v) is 20.6. The Morgan fingerprint density at radius 1 is 1.03 bits per heavy atom. The molecular weight excluding hydrogens is 490 g/mol. The van der Waals surface area contributed by atoms with Crippen molar-refractivity contribution < 1.29 is 29.5 Å². The number of hydrogen-bond donors (Lipinski definition) is 3. The summed E-state index contributed by atoms with van der Waals surface area (Å²) in [5, 5.41) is 35.4. The SMILES string of the molecule is Cc1cc(C2NC(Cc3ccccc3)(C(=O)O)C3C(=O)N(c4cccc([N+](=O)[O-])c4)C(=O)C23)cc(C)c1O. The number of aromatic hydroxyl groups is 1. The minimum absolute atomic E-state index is 0.0133. The van der Waals surface area contributed by atoms with Gasteiger partial charge < -0.3 is 10.2 Å². The monoisotopic (exact) mass is 515 g/mol. The summed E-state index contributed by atoms with van der Waals surface area (Å²) in [4.78, 5) is 52.5. The first-order valence-corrected chi connectivity index (χ1v) is 12.0. The number of rotatable bonds is 6. The Labute approximate surface area is 217 Å². The first-order chi connectivity index (χ1) is 18.0. The molecule has 3 N–H and O–H groups in total. The van der Waals surface area contributed by atoms with Gasteiger partial charge in [-0.25, -0.2) is 4.90 Å². The molecule has 0 aromatic heterocycles. The number of carboxylic acid groups (broad SMARTS) is 1. The Bertz CT molecular complexity index is 1470. The van der Waals surface area contributed by atoms with E-state index in [1.165, 1.54) is 18.2 Å². The largest absolute Gasteiger partial charge is 0.507 e. The standard InChI is InChI=1S/C28H25N3O7/c1-15-11-18(12-16(2)24(15)32)23-21-22(28(29-23,27(35)36)14-17-7-4-3-5-8-17)26(34)30(25(21)33)19-9-6-10-20(13-19)31(37)38/h3-13,21-23,29,32H,14H2,1-2H3,(H,35,36). The van der Waals surface area contributed by atoms with Crippen molar-refractivity contribution in [2.75, 3.05) is 4.90 Å². The molecule has 0 aliphatic carbocycles. The van der Waals surface area contributed by atoms with Gasteiger partial charge in [0.05, 0.1) is 22.4 Å². The molecule has 194 valence electrons. The van der Waals surface area contributed by atoms with Crippen molar-refractivity contribution in [3.05, 3.63) is 99.1 Å². The molecule has 3 aromatic rings. The maximum atomic E-state index is 13.9. The molecule has 2 aliphatic heterocycles. The third-order valence-corrected chi connectivity index (χ3v) is 7.53. The molecule has 10 nitrogen and oxygen atoms in total. The van der Waals surface area contributed by atoms with Gasteiger partial charge >= 0.3 is 5.97 Å². The summed E-state index contributed by atoms with van der Waals surface area (Å²) < 4.78 is 0. The molecule has 10 heteroatoms. The predicted molar refractivity (Wildman–Crippen MR) is 137 cm³/mol. The highest BCUT2D eigenvalue weighted by Gasteiger charge is 2.68. The average Bonchev–Trinajstić information content (AvgIpc) is 3.36. The number of nitrogens with zero attached hydrogens (tertiary/aromatic N) is 2. The minimum Gasteiger partial charge on any atom is -0.507 e. The number of carboxylic acids is 1. The zero-order chi connectivity index (χ0) is 27.4. The summed E-state index contributed by atoms with van der Waals surface area (Å²) in [5.41, 5.74) is 0.189. The van der Waals surface area contributed by atoms with Gasteiger partial charge in [0.1, 0.15) is 11.3 Å². The van der Waals surface area contributed by atoms with Crippen LogP contribution >= 0.6 is 0 Å². The van der Waals surface area contributed by atoms with Crippen LogP contribution in [0.15, 0.2) is 66.7 Å². The van der Waals surface area contributed by atoms with E-state index in [9.17, 15) is 34.7 Å². The maximum Gasteiger partial charge on any atom is 0.325 e. The average molecular weight is 516 g/mol. The van der Waals surface area contributed by atoms with Crippen LogP contribution < -0.4 is 10.2 Å². The number of imide groups is 1. The summed E-state index contributed by atoms with van der Waals surface area (Å²) in [7, 11) is 0. The summed E-state index contributed by atoms with van der Waals surface area (Å²) in [6, 6.07) is 16.5. The van der Waals surface area contributed by atoms with Crippen molar-refractivity contribution in [3.63, 3.8) is 0 Å². The molecule has 0 bridgehead atoms. The third kappa shape index (κ3) is 3.81. The van der Waals surface area contributed by atoms with Gasteiger partial charge in [-0.1, -0.05) is 48.5 Å².